The number of rotatable bonds is 8. The number of hydrogen-bond acceptors (Lipinski definition) is 6. The Morgan fingerprint density at radius 3 is 2.87 bits per heavy atom. The number of thioether (sulfide) groups is 1. The summed E-state index contributed by atoms with van der Waals surface area (Å²) in [7, 11) is 0. The fraction of sp³-hybridized carbons (Fsp3) is 0.542. The van der Waals surface area contributed by atoms with Gasteiger partial charge in [0.1, 0.15) is 10.9 Å². The van der Waals surface area contributed by atoms with Gasteiger partial charge in [-0.15, -0.1) is 0 Å². The predicted octanol–water partition coefficient (Wildman–Crippen LogP) is 3.95. The standard InChI is InChI=1S/C24H32N4O2S/c1-18(23(29)25-12-11-19-7-3-2-4-8-19)31-24-20-9-5-6-10-21(20)26-22(27-24)17-28-13-15-30-16-14-28/h5-7,9-10,18H,2-4,8,11-17H2,1H3,(H,25,29)/t18-/m1/s1. The molecule has 6 nitrogen and oxygen atoms in total. The van der Waals surface area contributed by atoms with Crippen LogP contribution in [0.2, 0.25) is 0 Å². The zero-order valence-corrected chi connectivity index (χ0v) is 19.1. The average molecular weight is 441 g/mol. The molecule has 2 heterocycles. The molecule has 1 fully saturated rings. The lowest BCUT2D eigenvalue weighted by Crippen LogP contribution is -2.36. The number of aromatic nitrogens is 2. The molecule has 1 saturated heterocycles. The molecular weight excluding hydrogens is 408 g/mol. The number of nitrogens with zero attached hydrogens (tertiary/aromatic N) is 3. The second kappa shape index (κ2) is 11.1. The minimum atomic E-state index is -0.213. The molecule has 2 aromatic rings. The molecule has 1 aromatic heterocycles. The van der Waals surface area contributed by atoms with E-state index in [1.54, 1.807) is 0 Å². The number of para-hydroxylation sites is 1. The molecule has 0 saturated carbocycles. The van der Waals surface area contributed by atoms with Gasteiger partial charge in [-0.1, -0.05) is 41.6 Å². The number of hydrogen-bond donors (Lipinski definition) is 1. The number of nitrogens with one attached hydrogen (secondary N) is 1. The van der Waals surface area contributed by atoms with Crippen LogP contribution >= 0.6 is 11.8 Å². The molecule has 7 heteroatoms. The van der Waals surface area contributed by atoms with E-state index in [-0.39, 0.29) is 11.2 Å². The van der Waals surface area contributed by atoms with E-state index in [1.807, 2.05) is 31.2 Å². The van der Waals surface area contributed by atoms with Crippen molar-refractivity contribution in [1.29, 1.82) is 0 Å². The van der Waals surface area contributed by atoms with Crippen LogP contribution in [-0.4, -0.2) is 58.9 Å². The first-order valence-corrected chi connectivity index (χ1v) is 12.2. The second-order valence-corrected chi connectivity index (χ2v) is 9.59. The number of benzene rings is 1. The second-order valence-electron chi connectivity index (χ2n) is 8.26. The summed E-state index contributed by atoms with van der Waals surface area (Å²) in [5, 5.41) is 4.79. The van der Waals surface area contributed by atoms with Crippen LogP contribution in [0.15, 0.2) is 40.9 Å². The van der Waals surface area contributed by atoms with Crippen molar-refractivity contribution in [1.82, 2.24) is 20.2 Å². The van der Waals surface area contributed by atoms with Crippen LogP contribution in [0.4, 0.5) is 0 Å². The molecule has 1 atom stereocenters. The minimum Gasteiger partial charge on any atom is -0.379 e. The Morgan fingerprint density at radius 1 is 1.23 bits per heavy atom. The summed E-state index contributed by atoms with van der Waals surface area (Å²) in [6, 6.07) is 8.06. The van der Waals surface area contributed by atoms with Gasteiger partial charge in [0.15, 0.2) is 0 Å². The molecule has 0 spiro atoms. The SMILES string of the molecule is C[C@@H](Sc1nc(CN2CCOCC2)nc2ccccc12)C(=O)NCCC1=CCCCC1. The molecular formula is C24H32N4O2S. The topological polar surface area (TPSA) is 67.3 Å². The van der Waals surface area contributed by atoms with Crippen LogP contribution < -0.4 is 5.32 Å². The van der Waals surface area contributed by atoms with Gasteiger partial charge in [-0.3, -0.25) is 9.69 Å². The monoisotopic (exact) mass is 440 g/mol. The van der Waals surface area contributed by atoms with Crippen molar-refractivity contribution in [3.8, 4) is 0 Å². The van der Waals surface area contributed by atoms with E-state index < -0.39 is 0 Å². The number of amides is 1. The fourth-order valence-corrected chi connectivity index (χ4v) is 5.04. The van der Waals surface area contributed by atoms with Gasteiger partial charge in [0.25, 0.3) is 0 Å². The van der Waals surface area contributed by atoms with Crippen molar-refractivity contribution >= 4 is 28.6 Å². The van der Waals surface area contributed by atoms with Crippen molar-refractivity contribution in [2.24, 2.45) is 0 Å². The number of ether oxygens (including phenoxy) is 1. The van der Waals surface area contributed by atoms with Gasteiger partial charge in [0.2, 0.25) is 5.91 Å². The molecule has 1 aliphatic carbocycles. The molecule has 0 bridgehead atoms. The lowest BCUT2D eigenvalue weighted by atomic mass is 9.97. The largest absolute Gasteiger partial charge is 0.379 e. The van der Waals surface area contributed by atoms with Crippen molar-refractivity contribution < 1.29 is 9.53 Å². The lowest BCUT2D eigenvalue weighted by molar-refractivity contribution is -0.120. The Bertz CT molecular complexity index is 927. The van der Waals surface area contributed by atoms with Crippen molar-refractivity contribution in [2.45, 2.75) is 55.8 Å². The highest BCUT2D eigenvalue weighted by atomic mass is 32.2. The van der Waals surface area contributed by atoms with Crippen LogP contribution in [0, 0.1) is 0 Å². The third-order valence-electron chi connectivity index (χ3n) is 5.87. The number of fused-ring (bicyclic) bond motifs is 1. The fourth-order valence-electron chi connectivity index (χ4n) is 4.06. The van der Waals surface area contributed by atoms with E-state index in [1.165, 1.54) is 43.0 Å². The summed E-state index contributed by atoms with van der Waals surface area (Å²) in [6.45, 7) is 6.67. The first-order valence-electron chi connectivity index (χ1n) is 11.4. The molecule has 0 unspecified atom stereocenters. The molecule has 1 aromatic carbocycles. The third-order valence-corrected chi connectivity index (χ3v) is 6.97. The Balaban J connectivity index is 1.40. The van der Waals surface area contributed by atoms with Crippen molar-refractivity contribution in [3.63, 3.8) is 0 Å². The maximum atomic E-state index is 12.7. The highest BCUT2D eigenvalue weighted by Gasteiger charge is 2.19. The van der Waals surface area contributed by atoms with Gasteiger partial charge in [0, 0.05) is 25.0 Å². The van der Waals surface area contributed by atoms with E-state index in [0.29, 0.717) is 13.1 Å². The Morgan fingerprint density at radius 2 is 2.06 bits per heavy atom. The zero-order valence-electron chi connectivity index (χ0n) is 18.3. The van der Waals surface area contributed by atoms with Gasteiger partial charge >= 0.3 is 0 Å². The van der Waals surface area contributed by atoms with Crippen LogP contribution in [-0.2, 0) is 16.1 Å². The number of allylic oxidation sites excluding steroid dienone is 1. The van der Waals surface area contributed by atoms with Gasteiger partial charge < -0.3 is 10.1 Å². The third kappa shape index (κ3) is 6.28. The van der Waals surface area contributed by atoms with Crippen LogP contribution in [0.1, 0.15) is 44.9 Å². The summed E-state index contributed by atoms with van der Waals surface area (Å²) < 4.78 is 5.45. The molecule has 31 heavy (non-hydrogen) atoms. The summed E-state index contributed by atoms with van der Waals surface area (Å²) in [5.41, 5.74) is 2.42. The van der Waals surface area contributed by atoms with Crippen LogP contribution in [0.3, 0.4) is 0 Å². The molecule has 166 valence electrons. The van der Waals surface area contributed by atoms with Crippen molar-refractivity contribution in [3.05, 3.63) is 41.7 Å². The van der Waals surface area contributed by atoms with Gasteiger partial charge in [0.05, 0.1) is 30.5 Å². The Labute approximate surface area is 188 Å². The molecule has 1 N–H and O–H groups in total. The molecule has 1 aliphatic heterocycles. The van der Waals surface area contributed by atoms with Gasteiger partial charge in [-0.25, -0.2) is 9.97 Å². The number of carbonyl (C=O) groups excluding carboxylic acids is 1. The van der Waals surface area contributed by atoms with Crippen molar-refractivity contribution in [2.75, 3.05) is 32.8 Å². The number of carbonyl (C=O) groups is 1. The first kappa shape index (κ1) is 22.2. The molecule has 0 radical (unpaired) electrons. The smallest absolute Gasteiger partial charge is 0.233 e. The maximum Gasteiger partial charge on any atom is 0.233 e. The highest BCUT2D eigenvalue weighted by molar-refractivity contribution is 8.00. The number of morpholine rings is 1. The normalized spacial score (nSPS) is 18.5. The first-order chi connectivity index (χ1) is 15.2. The van der Waals surface area contributed by atoms with E-state index in [9.17, 15) is 4.79 Å². The van der Waals surface area contributed by atoms with Gasteiger partial charge in [-0.05, 0) is 45.1 Å². The van der Waals surface area contributed by atoms with E-state index in [0.717, 1.165) is 54.5 Å². The Kier molecular flexibility index (Phi) is 7.94. The molecule has 4 rings (SSSR count). The Hall–Kier alpha value is -1.96. The average Bonchev–Trinajstić information content (AvgIpc) is 2.80. The lowest BCUT2D eigenvalue weighted by Gasteiger charge is -2.26. The van der Waals surface area contributed by atoms with Gasteiger partial charge in [-0.2, -0.15) is 0 Å². The zero-order chi connectivity index (χ0) is 21.5. The minimum absolute atomic E-state index is 0.0684. The predicted molar refractivity (Wildman–Crippen MR) is 125 cm³/mol. The molecule has 2 aliphatic rings. The van der Waals surface area contributed by atoms with Crippen LogP contribution in [0.5, 0.6) is 0 Å². The maximum absolute atomic E-state index is 12.7. The van der Waals surface area contributed by atoms with E-state index in [4.69, 9.17) is 14.7 Å². The van der Waals surface area contributed by atoms with Crippen LogP contribution in [0.25, 0.3) is 10.9 Å². The summed E-state index contributed by atoms with van der Waals surface area (Å²) in [6.07, 6.45) is 8.24. The highest BCUT2D eigenvalue weighted by Crippen LogP contribution is 2.29. The van der Waals surface area contributed by atoms with E-state index in [2.05, 4.69) is 16.3 Å². The quantitative estimate of drug-likeness (QED) is 0.381. The van der Waals surface area contributed by atoms with E-state index >= 15 is 0 Å². The summed E-state index contributed by atoms with van der Waals surface area (Å²) in [5.74, 6) is 0.874. The molecule has 1 amide bonds. The summed E-state index contributed by atoms with van der Waals surface area (Å²) in [4.78, 5) is 24.6. The summed E-state index contributed by atoms with van der Waals surface area (Å²) >= 11 is 1.52.